The second-order valence-corrected chi connectivity index (χ2v) is 7.87. The molecule has 5 nitrogen and oxygen atoms in total. The average molecular weight is 360 g/mol. The van der Waals surface area contributed by atoms with Crippen LogP contribution in [0.3, 0.4) is 0 Å². The number of amides is 1. The summed E-state index contributed by atoms with van der Waals surface area (Å²) in [5.41, 5.74) is 1.73. The first kappa shape index (κ1) is 19.1. The van der Waals surface area contributed by atoms with Gasteiger partial charge in [0.1, 0.15) is 6.54 Å². The van der Waals surface area contributed by atoms with Gasteiger partial charge in [-0.2, -0.15) is 0 Å². The first-order chi connectivity index (χ1) is 11.8. The summed E-state index contributed by atoms with van der Waals surface area (Å²) in [4.78, 5) is 29.6. The van der Waals surface area contributed by atoms with Crippen molar-refractivity contribution in [3.8, 4) is 0 Å². The molecule has 0 atom stereocenters. The zero-order valence-corrected chi connectivity index (χ0v) is 15.7. The van der Waals surface area contributed by atoms with Crippen molar-refractivity contribution in [2.75, 3.05) is 13.1 Å². The van der Waals surface area contributed by atoms with E-state index in [9.17, 15) is 9.59 Å². The average Bonchev–Trinajstić information content (AvgIpc) is 3.00. The van der Waals surface area contributed by atoms with Crippen LogP contribution in [0.5, 0.6) is 0 Å². The molecule has 1 aromatic heterocycles. The van der Waals surface area contributed by atoms with E-state index in [1.807, 2.05) is 35.7 Å². The van der Waals surface area contributed by atoms with Gasteiger partial charge in [0.05, 0.1) is 17.1 Å². The molecule has 6 heteroatoms. The lowest BCUT2D eigenvalue weighted by atomic mass is 9.98. The second kappa shape index (κ2) is 8.25. The Morgan fingerprint density at radius 1 is 1.20 bits per heavy atom. The van der Waals surface area contributed by atoms with Crippen LogP contribution in [-0.4, -0.2) is 40.0 Å². The second-order valence-electron chi connectivity index (χ2n) is 7.02. The highest BCUT2D eigenvalue weighted by Crippen LogP contribution is 2.25. The molecule has 1 amide bonds. The molecule has 2 rings (SSSR count). The van der Waals surface area contributed by atoms with Gasteiger partial charge in [0, 0.05) is 17.3 Å². The largest absolute Gasteiger partial charge is 0.480 e. The summed E-state index contributed by atoms with van der Waals surface area (Å²) in [5.74, 6) is -1.21. The monoisotopic (exact) mass is 360 g/mol. The first-order valence-electron chi connectivity index (χ1n) is 8.24. The minimum absolute atomic E-state index is 0.0555. The fourth-order valence-corrected chi connectivity index (χ4v) is 3.27. The predicted molar refractivity (Wildman–Crippen MR) is 98.9 cm³/mol. The third-order valence-corrected chi connectivity index (χ3v) is 5.03. The van der Waals surface area contributed by atoms with Gasteiger partial charge >= 0.3 is 5.97 Å². The van der Waals surface area contributed by atoms with Crippen molar-refractivity contribution in [1.82, 2.24) is 9.88 Å². The molecule has 1 aromatic carbocycles. The maximum absolute atomic E-state index is 12.6. The Balaban J connectivity index is 2.02. The lowest BCUT2D eigenvalue weighted by molar-refractivity contribution is -0.144. The predicted octanol–water partition coefficient (Wildman–Crippen LogP) is 3.14. The summed E-state index contributed by atoms with van der Waals surface area (Å²) < 4.78 is 0. The molecule has 1 N–H and O–H groups in total. The Morgan fingerprint density at radius 3 is 2.44 bits per heavy atom. The number of carbonyl (C=O) groups is 2. The van der Waals surface area contributed by atoms with Crippen LogP contribution in [0.15, 0.2) is 35.7 Å². The molecule has 0 fully saturated rings. The van der Waals surface area contributed by atoms with E-state index >= 15 is 0 Å². The van der Waals surface area contributed by atoms with Crippen LogP contribution in [0, 0.1) is 0 Å². The molecule has 1 heterocycles. The van der Waals surface area contributed by atoms with E-state index < -0.39 is 5.97 Å². The van der Waals surface area contributed by atoms with Crippen molar-refractivity contribution < 1.29 is 14.7 Å². The van der Waals surface area contributed by atoms with Gasteiger partial charge in [-0.15, -0.1) is 11.3 Å². The zero-order chi connectivity index (χ0) is 18.4. The normalized spacial score (nSPS) is 11.3. The molecule has 0 unspecified atom stereocenters. The quantitative estimate of drug-likeness (QED) is 0.823. The SMILES string of the molecule is CC(C)(C)c1nc(CC(=O)N(CCc2ccccc2)CC(=O)O)cs1. The molecule has 0 bridgehead atoms. The lowest BCUT2D eigenvalue weighted by Gasteiger charge is -2.20. The number of carbonyl (C=O) groups excluding carboxylic acids is 1. The van der Waals surface area contributed by atoms with Crippen LogP contribution >= 0.6 is 11.3 Å². The Hall–Kier alpha value is -2.21. The number of nitrogens with zero attached hydrogens (tertiary/aromatic N) is 2. The molecule has 2 aromatic rings. The van der Waals surface area contributed by atoms with Crippen molar-refractivity contribution in [1.29, 1.82) is 0 Å². The van der Waals surface area contributed by atoms with E-state index in [0.29, 0.717) is 18.7 Å². The Bertz CT molecular complexity index is 720. The number of carboxylic acids is 1. The number of rotatable bonds is 7. The highest BCUT2D eigenvalue weighted by molar-refractivity contribution is 7.09. The minimum Gasteiger partial charge on any atom is -0.480 e. The lowest BCUT2D eigenvalue weighted by Crippen LogP contribution is -2.38. The van der Waals surface area contributed by atoms with Gasteiger partial charge in [-0.3, -0.25) is 9.59 Å². The van der Waals surface area contributed by atoms with Gasteiger partial charge in [0.2, 0.25) is 5.91 Å². The smallest absolute Gasteiger partial charge is 0.323 e. The fraction of sp³-hybridized carbons (Fsp3) is 0.421. The summed E-state index contributed by atoms with van der Waals surface area (Å²) >= 11 is 1.54. The maximum atomic E-state index is 12.6. The molecule has 25 heavy (non-hydrogen) atoms. The molecule has 0 saturated heterocycles. The molecule has 0 aliphatic carbocycles. The third kappa shape index (κ3) is 5.98. The molecular weight excluding hydrogens is 336 g/mol. The number of thiazole rings is 1. The number of hydrogen-bond donors (Lipinski definition) is 1. The van der Waals surface area contributed by atoms with Crippen molar-refractivity contribution >= 4 is 23.2 Å². The van der Waals surface area contributed by atoms with Crippen molar-refractivity contribution in [3.63, 3.8) is 0 Å². The van der Waals surface area contributed by atoms with E-state index in [1.54, 1.807) is 0 Å². The molecule has 0 aliphatic heterocycles. The summed E-state index contributed by atoms with van der Waals surface area (Å²) in [6.45, 7) is 6.32. The number of carboxylic acid groups (broad SMARTS) is 1. The molecule has 134 valence electrons. The Kier molecular flexibility index (Phi) is 6.31. The summed E-state index contributed by atoms with van der Waals surface area (Å²) in [7, 11) is 0. The molecule has 0 aliphatic rings. The van der Waals surface area contributed by atoms with E-state index in [1.165, 1.54) is 16.2 Å². The van der Waals surface area contributed by atoms with Gasteiger partial charge in [-0.25, -0.2) is 4.98 Å². The zero-order valence-electron chi connectivity index (χ0n) is 14.9. The van der Waals surface area contributed by atoms with Crippen molar-refractivity contribution in [2.24, 2.45) is 0 Å². The summed E-state index contributed by atoms with van der Waals surface area (Å²) in [5, 5.41) is 12.0. The van der Waals surface area contributed by atoms with Gasteiger partial charge in [-0.1, -0.05) is 51.1 Å². The number of benzene rings is 1. The minimum atomic E-state index is -1.00. The Morgan fingerprint density at radius 2 is 1.88 bits per heavy atom. The van der Waals surface area contributed by atoms with Crippen LogP contribution in [0.4, 0.5) is 0 Å². The van der Waals surface area contributed by atoms with Gasteiger partial charge < -0.3 is 10.0 Å². The molecule has 0 saturated carbocycles. The Labute approximate surface area is 152 Å². The van der Waals surface area contributed by atoms with Crippen molar-refractivity contribution in [3.05, 3.63) is 52.0 Å². The van der Waals surface area contributed by atoms with Gasteiger partial charge in [0.25, 0.3) is 0 Å². The van der Waals surface area contributed by atoms with Crippen molar-refractivity contribution in [2.45, 2.75) is 39.0 Å². The molecule has 0 radical (unpaired) electrons. The van der Waals surface area contributed by atoms with E-state index in [0.717, 1.165) is 10.6 Å². The third-order valence-electron chi connectivity index (χ3n) is 3.72. The standard InChI is InChI=1S/C19H24N2O3S/c1-19(2,3)18-20-15(13-25-18)11-16(22)21(12-17(23)24)10-9-14-7-5-4-6-8-14/h4-8,13H,9-12H2,1-3H3,(H,23,24). The van der Waals surface area contributed by atoms with Crippen LogP contribution in [0.25, 0.3) is 0 Å². The van der Waals surface area contributed by atoms with Crippen LogP contribution in [0.2, 0.25) is 0 Å². The van der Waals surface area contributed by atoms with E-state index in [-0.39, 0.29) is 24.3 Å². The van der Waals surface area contributed by atoms with Gasteiger partial charge in [-0.05, 0) is 12.0 Å². The highest BCUT2D eigenvalue weighted by Gasteiger charge is 2.21. The van der Waals surface area contributed by atoms with E-state index in [2.05, 4.69) is 25.8 Å². The number of aromatic nitrogens is 1. The molecule has 0 spiro atoms. The fourth-order valence-electron chi connectivity index (χ4n) is 2.36. The molecular formula is C19H24N2O3S. The maximum Gasteiger partial charge on any atom is 0.323 e. The van der Waals surface area contributed by atoms with Gasteiger partial charge in [0.15, 0.2) is 0 Å². The first-order valence-corrected chi connectivity index (χ1v) is 9.12. The van der Waals surface area contributed by atoms with Crippen LogP contribution in [0.1, 0.15) is 37.0 Å². The van der Waals surface area contributed by atoms with Crippen LogP contribution in [-0.2, 0) is 27.8 Å². The highest BCUT2D eigenvalue weighted by atomic mass is 32.1. The summed E-state index contributed by atoms with van der Waals surface area (Å²) in [6, 6.07) is 9.74. The number of hydrogen-bond acceptors (Lipinski definition) is 4. The summed E-state index contributed by atoms with van der Waals surface area (Å²) in [6.07, 6.45) is 0.763. The van der Waals surface area contributed by atoms with Crippen LogP contribution < -0.4 is 0 Å². The topological polar surface area (TPSA) is 70.5 Å². The number of aliphatic carboxylic acids is 1. The van der Waals surface area contributed by atoms with E-state index in [4.69, 9.17) is 5.11 Å².